The van der Waals surface area contributed by atoms with Crippen LogP contribution in [0.1, 0.15) is 44.6 Å². The predicted octanol–water partition coefficient (Wildman–Crippen LogP) is 1.99. The van der Waals surface area contributed by atoms with Crippen LogP contribution < -0.4 is 5.32 Å². The maximum absolute atomic E-state index is 11.8. The van der Waals surface area contributed by atoms with Gasteiger partial charge in [-0.05, 0) is 46.6 Å². The summed E-state index contributed by atoms with van der Waals surface area (Å²) in [5, 5.41) is 7.39. The largest absolute Gasteiger partial charge is 0.366 e. The lowest BCUT2D eigenvalue weighted by Gasteiger charge is -2.16. The highest BCUT2D eigenvalue weighted by molar-refractivity contribution is 5.80. The van der Waals surface area contributed by atoms with Crippen LogP contribution in [0.2, 0.25) is 0 Å². The summed E-state index contributed by atoms with van der Waals surface area (Å²) in [4.78, 5) is 11.8. The zero-order valence-corrected chi connectivity index (χ0v) is 13.5. The monoisotopic (exact) mass is 281 g/mol. The molecule has 1 aromatic heterocycles. The molecule has 0 bridgehead atoms. The number of ether oxygens (including phenoxy) is 1. The number of carbonyl (C=O) groups is 1. The number of amides is 1. The molecule has 0 saturated heterocycles. The van der Waals surface area contributed by atoms with Crippen LogP contribution in [0, 0.1) is 13.8 Å². The maximum Gasteiger partial charge on any atom is 0.248 e. The van der Waals surface area contributed by atoms with Crippen LogP contribution in [0.15, 0.2) is 0 Å². The number of nitrogens with one attached hydrogen (secondary N) is 1. The van der Waals surface area contributed by atoms with E-state index in [1.165, 1.54) is 11.3 Å². The first kappa shape index (κ1) is 16.7. The van der Waals surface area contributed by atoms with Crippen molar-refractivity contribution in [2.24, 2.45) is 0 Å². The van der Waals surface area contributed by atoms with E-state index in [2.05, 4.69) is 24.3 Å². The van der Waals surface area contributed by atoms with E-state index >= 15 is 0 Å². The van der Waals surface area contributed by atoms with Gasteiger partial charge in [-0.1, -0.05) is 6.92 Å². The Labute approximate surface area is 121 Å². The molecule has 0 aromatic carbocycles. The van der Waals surface area contributed by atoms with Crippen LogP contribution in [-0.4, -0.2) is 34.4 Å². The molecule has 1 N–H and O–H groups in total. The van der Waals surface area contributed by atoms with Crippen molar-refractivity contribution in [3.05, 3.63) is 17.0 Å². The standard InChI is InChI=1S/C15H27N3O2/c1-7-14-11(4)17-18(12(14)5)9-8-16-15(19)13(6)20-10(2)3/h10,13H,7-9H2,1-6H3,(H,16,19)/t13-/m1/s1. The normalized spacial score (nSPS) is 12.8. The quantitative estimate of drug-likeness (QED) is 0.831. The van der Waals surface area contributed by atoms with Crippen molar-refractivity contribution >= 4 is 5.91 Å². The molecule has 0 aliphatic rings. The molecule has 1 rings (SSSR count). The molecule has 1 amide bonds. The Morgan fingerprint density at radius 2 is 2.00 bits per heavy atom. The molecule has 114 valence electrons. The summed E-state index contributed by atoms with van der Waals surface area (Å²) in [6.07, 6.45) is 0.629. The highest BCUT2D eigenvalue weighted by Gasteiger charge is 2.14. The second-order valence-corrected chi connectivity index (χ2v) is 5.34. The van der Waals surface area contributed by atoms with Crippen LogP contribution in [-0.2, 0) is 22.5 Å². The summed E-state index contributed by atoms with van der Waals surface area (Å²) in [5.41, 5.74) is 3.56. The van der Waals surface area contributed by atoms with E-state index in [0.717, 1.165) is 12.1 Å². The molecule has 0 radical (unpaired) electrons. The predicted molar refractivity (Wildman–Crippen MR) is 79.8 cm³/mol. The van der Waals surface area contributed by atoms with Gasteiger partial charge in [-0.15, -0.1) is 0 Å². The minimum atomic E-state index is -0.415. The Balaban J connectivity index is 2.47. The van der Waals surface area contributed by atoms with Crippen molar-refractivity contribution in [2.75, 3.05) is 6.54 Å². The molecule has 0 saturated carbocycles. The van der Waals surface area contributed by atoms with Gasteiger partial charge in [-0.25, -0.2) is 0 Å². The first-order valence-corrected chi connectivity index (χ1v) is 7.32. The second-order valence-electron chi connectivity index (χ2n) is 5.34. The van der Waals surface area contributed by atoms with Gasteiger partial charge in [-0.2, -0.15) is 5.10 Å². The molecule has 0 spiro atoms. The van der Waals surface area contributed by atoms with Crippen molar-refractivity contribution < 1.29 is 9.53 Å². The van der Waals surface area contributed by atoms with E-state index in [1.807, 2.05) is 25.5 Å². The van der Waals surface area contributed by atoms with Crippen LogP contribution in [0.5, 0.6) is 0 Å². The Kier molecular flexibility index (Phi) is 6.20. The van der Waals surface area contributed by atoms with Gasteiger partial charge in [0.05, 0.1) is 18.3 Å². The number of aryl methyl sites for hydroxylation is 1. The lowest BCUT2D eigenvalue weighted by atomic mass is 10.1. The van der Waals surface area contributed by atoms with Gasteiger partial charge in [0.1, 0.15) is 6.10 Å². The fourth-order valence-electron chi connectivity index (χ4n) is 2.36. The molecular weight excluding hydrogens is 254 g/mol. The van der Waals surface area contributed by atoms with Gasteiger partial charge in [0.15, 0.2) is 0 Å². The molecule has 0 aliphatic carbocycles. The summed E-state index contributed by atoms with van der Waals surface area (Å²) in [6.45, 7) is 13.1. The van der Waals surface area contributed by atoms with Gasteiger partial charge in [0.25, 0.3) is 0 Å². The van der Waals surface area contributed by atoms with Crippen molar-refractivity contribution in [3.63, 3.8) is 0 Å². The second kappa shape index (κ2) is 7.43. The molecule has 0 unspecified atom stereocenters. The van der Waals surface area contributed by atoms with Gasteiger partial charge >= 0.3 is 0 Å². The third-order valence-electron chi connectivity index (χ3n) is 3.35. The molecule has 1 heterocycles. The highest BCUT2D eigenvalue weighted by atomic mass is 16.5. The summed E-state index contributed by atoms with van der Waals surface area (Å²) in [6, 6.07) is 0. The average Bonchev–Trinajstić information content (AvgIpc) is 2.63. The van der Waals surface area contributed by atoms with E-state index in [-0.39, 0.29) is 12.0 Å². The topological polar surface area (TPSA) is 56.2 Å². The maximum atomic E-state index is 11.8. The molecule has 0 aliphatic heterocycles. The van der Waals surface area contributed by atoms with Crippen LogP contribution >= 0.6 is 0 Å². The smallest absolute Gasteiger partial charge is 0.248 e. The first-order valence-electron chi connectivity index (χ1n) is 7.32. The molecule has 5 nitrogen and oxygen atoms in total. The average molecular weight is 281 g/mol. The summed E-state index contributed by atoms with van der Waals surface area (Å²) in [5.74, 6) is -0.0732. The van der Waals surface area contributed by atoms with Gasteiger partial charge in [-0.3, -0.25) is 9.48 Å². The summed E-state index contributed by atoms with van der Waals surface area (Å²) >= 11 is 0. The van der Waals surface area contributed by atoms with Crippen molar-refractivity contribution in [3.8, 4) is 0 Å². The van der Waals surface area contributed by atoms with E-state index in [4.69, 9.17) is 4.74 Å². The highest BCUT2D eigenvalue weighted by Crippen LogP contribution is 2.12. The van der Waals surface area contributed by atoms with Crippen LogP contribution in [0.3, 0.4) is 0 Å². The molecular formula is C15H27N3O2. The molecule has 0 fully saturated rings. The van der Waals surface area contributed by atoms with Crippen molar-refractivity contribution in [2.45, 2.75) is 66.7 Å². The third kappa shape index (κ3) is 4.34. The van der Waals surface area contributed by atoms with E-state index in [1.54, 1.807) is 6.92 Å². The number of carbonyl (C=O) groups excluding carboxylic acids is 1. The zero-order valence-electron chi connectivity index (χ0n) is 13.5. The van der Waals surface area contributed by atoms with Gasteiger partial charge < -0.3 is 10.1 Å². The van der Waals surface area contributed by atoms with E-state index < -0.39 is 6.10 Å². The summed E-state index contributed by atoms with van der Waals surface area (Å²) < 4.78 is 7.41. The van der Waals surface area contributed by atoms with Gasteiger partial charge in [0.2, 0.25) is 5.91 Å². The molecule has 5 heteroatoms. The lowest BCUT2D eigenvalue weighted by molar-refractivity contribution is -0.134. The number of rotatable bonds is 7. The minimum Gasteiger partial charge on any atom is -0.366 e. The van der Waals surface area contributed by atoms with Crippen LogP contribution in [0.25, 0.3) is 0 Å². The number of hydrogen-bond donors (Lipinski definition) is 1. The Hall–Kier alpha value is -1.36. The lowest BCUT2D eigenvalue weighted by Crippen LogP contribution is -2.37. The van der Waals surface area contributed by atoms with Crippen molar-refractivity contribution in [1.82, 2.24) is 15.1 Å². The van der Waals surface area contributed by atoms with Crippen LogP contribution in [0.4, 0.5) is 0 Å². The number of hydrogen-bond acceptors (Lipinski definition) is 3. The van der Waals surface area contributed by atoms with Gasteiger partial charge in [0, 0.05) is 12.2 Å². The molecule has 1 aromatic rings. The SMILES string of the molecule is CCc1c(C)nn(CCNC(=O)[C@@H](C)OC(C)C)c1C. The fraction of sp³-hybridized carbons (Fsp3) is 0.733. The number of nitrogens with zero attached hydrogens (tertiary/aromatic N) is 2. The zero-order chi connectivity index (χ0) is 15.3. The van der Waals surface area contributed by atoms with Crippen molar-refractivity contribution in [1.29, 1.82) is 0 Å². The first-order chi connectivity index (χ1) is 9.36. The minimum absolute atomic E-state index is 0.0545. The fourth-order valence-corrected chi connectivity index (χ4v) is 2.36. The van der Waals surface area contributed by atoms with E-state index in [0.29, 0.717) is 13.1 Å². The Morgan fingerprint density at radius 3 is 2.50 bits per heavy atom. The number of aromatic nitrogens is 2. The third-order valence-corrected chi connectivity index (χ3v) is 3.35. The molecule has 1 atom stereocenters. The summed E-state index contributed by atoms with van der Waals surface area (Å²) in [7, 11) is 0. The van der Waals surface area contributed by atoms with E-state index in [9.17, 15) is 4.79 Å². The Bertz CT molecular complexity index is 452. The molecule has 20 heavy (non-hydrogen) atoms. The Morgan fingerprint density at radius 1 is 1.35 bits per heavy atom.